The third-order valence-electron chi connectivity index (χ3n) is 7.23. The van der Waals surface area contributed by atoms with Crippen LogP contribution in [-0.4, -0.2) is 74.6 Å². The molecule has 0 aliphatic heterocycles. The number of aliphatic carboxylic acids is 1. The second kappa shape index (κ2) is 13.3. The zero-order chi connectivity index (χ0) is 30.4. The van der Waals surface area contributed by atoms with Crippen molar-refractivity contribution in [3.63, 3.8) is 0 Å². The van der Waals surface area contributed by atoms with Crippen LogP contribution in [-0.2, 0) is 32.0 Å². The van der Waals surface area contributed by atoms with Crippen LogP contribution in [0.15, 0.2) is 60.9 Å². The third kappa shape index (κ3) is 6.96. The maximum absolute atomic E-state index is 13.5. The minimum Gasteiger partial charge on any atom is -0.480 e. The maximum Gasteiger partial charge on any atom is 0.328 e. The molecule has 9 N–H and O–H groups in total. The Hall–Kier alpha value is -4.68. The van der Waals surface area contributed by atoms with Crippen LogP contribution >= 0.6 is 0 Å². The molecule has 2 aromatic carbocycles. The fraction of sp³-hybridized carbons (Fsp3) is 0.333. The molecule has 0 aliphatic carbocycles. The average molecular weight is 577 g/mol. The Morgan fingerprint density at radius 3 is 1.81 bits per heavy atom. The molecule has 0 spiro atoms. The summed E-state index contributed by atoms with van der Waals surface area (Å²) in [6.45, 7) is 2.67. The van der Waals surface area contributed by atoms with Crippen LogP contribution in [0, 0.1) is 5.92 Å². The number of carbonyl (C=O) groups is 4. The summed E-state index contributed by atoms with van der Waals surface area (Å²) in [6, 6.07) is 10.3. The van der Waals surface area contributed by atoms with Gasteiger partial charge in [-0.3, -0.25) is 14.4 Å². The topological polar surface area (TPSA) is 202 Å². The van der Waals surface area contributed by atoms with Gasteiger partial charge in [-0.1, -0.05) is 50.2 Å². The Morgan fingerprint density at radius 1 is 0.762 bits per heavy atom. The van der Waals surface area contributed by atoms with Gasteiger partial charge in [0, 0.05) is 40.6 Å². The van der Waals surface area contributed by atoms with E-state index in [2.05, 4.69) is 25.9 Å². The van der Waals surface area contributed by atoms with Crippen LogP contribution in [0.25, 0.3) is 21.8 Å². The number of aromatic nitrogens is 2. The van der Waals surface area contributed by atoms with E-state index in [-0.39, 0.29) is 18.8 Å². The predicted molar refractivity (Wildman–Crippen MR) is 157 cm³/mol. The van der Waals surface area contributed by atoms with Crippen molar-refractivity contribution in [2.45, 2.75) is 50.9 Å². The summed E-state index contributed by atoms with van der Waals surface area (Å²) in [7, 11) is 0. The van der Waals surface area contributed by atoms with Gasteiger partial charge in [-0.05, 0) is 35.6 Å². The van der Waals surface area contributed by atoms with Gasteiger partial charge in [-0.25, -0.2) is 4.79 Å². The molecule has 2 aromatic heterocycles. The van der Waals surface area contributed by atoms with Gasteiger partial charge >= 0.3 is 5.97 Å². The minimum absolute atomic E-state index is 0.0260. The fourth-order valence-electron chi connectivity index (χ4n) is 4.87. The summed E-state index contributed by atoms with van der Waals surface area (Å²) in [5.41, 5.74) is 9.57. The Kier molecular flexibility index (Phi) is 9.60. The molecule has 0 saturated carbocycles. The lowest BCUT2D eigenvalue weighted by atomic mass is 9.99. The molecule has 0 fully saturated rings. The molecule has 222 valence electrons. The zero-order valence-corrected chi connectivity index (χ0v) is 23.4. The molecule has 12 heteroatoms. The van der Waals surface area contributed by atoms with E-state index in [0.29, 0.717) is 5.56 Å². The summed E-state index contributed by atoms with van der Waals surface area (Å²) in [4.78, 5) is 57.5. The molecule has 12 nitrogen and oxygen atoms in total. The third-order valence-corrected chi connectivity index (χ3v) is 7.23. The number of fused-ring (bicyclic) bond motifs is 2. The van der Waals surface area contributed by atoms with E-state index < -0.39 is 54.5 Å². The summed E-state index contributed by atoms with van der Waals surface area (Å²) in [6.07, 6.45) is 3.78. The van der Waals surface area contributed by atoms with Crippen molar-refractivity contribution in [2.24, 2.45) is 11.7 Å². The monoisotopic (exact) mass is 576 g/mol. The molecule has 0 radical (unpaired) electrons. The first kappa shape index (κ1) is 30.3. The minimum atomic E-state index is -1.55. The lowest BCUT2D eigenvalue weighted by Gasteiger charge is -2.27. The van der Waals surface area contributed by atoms with Crippen molar-refractivity contribution in [3.05, 3.63) is 72.1 Å². The SMILES string of the molecule is CC(C)C(NC(=O)C(N)Cc1c[nH]c2ccccc12)C(=O)NC(Cc1c[nH]c2ccccc12)C(=O)NC(CO)C(=O)O. The second-order valence-electron chi connectivity index (χ2n) is 10.6. The average Bonchev–Trinajstić information content (AvgIpc) is 3.57. The van der Waals surface area contributed by atoms with Crippen LogP contribution < -0.4 is 21.7 Å². The van der Waals surface area contributed by atoms with E-state index in [1.54, 1.807) is 26.2 Å². The molecule has 0 bridgehead atoms. The van der Waals surface area contributed by atoms with Crippen molar-refractivity contribution < 1.29 is 29.4 Å². The quantitative estimate of drug-likeness (QED) is 0.116. The van der Waals surface area contributed by atoms with E-state index in [0.717, 1.165) is 27.4 Å². The van der Waals surface area contributed by atoms with Gasteiger partial charge in [-0.15, -0.1) is 0 Å². The molecule has 0 aliphatic rings. The van der Waals surface area contributed by atoms with Gasteiger partial charge < -0.3 is 41.9 Å². The first-order chi connectivity index (χ1) is 20.1. The van der Waals surface area contributed by atoms with Crippen LogP contribution in [0.5, 0.6) is 0 Å². The number of nitrogens with two attached hydrogens (primary N) is 1. The van der Waals surface area contributed by atoms with Crippen LogP contribution in [0.3, 0.4) is 0 Å². The van der Waals surface area contributed by atoms with Crippen molar-refractivity contribution in [1.29, 1.82) is 0 Å². The number of hydrogen-bond acceptors (Lipinski definition) is 6. The van der Waals surface area contributed by atoms with Crippen LogP contribution in [0.2, 0.25) is 0 Å². The molecule has 4 aromatic rings. The summed E-state index contributed by atoms with van der Waals surface area (Å²) in [5.74, 6) is -3.73. The number of rotatable bonds is 13. The Labute approximate surface area is 242 Å². The fourth-order valence-corrected chi connectivity index (χ4v) is 4.87. The first-order valence-corrected chi connectivity index (χ1v) is 13.7. The van der Waals surface area contributed by atoms with Gasteiger partial charge in [0.15, 0.2) is 0 Å². The zero-order valence-electron chi connectivity index (χ0n) is 23.4. The molecule has 3 amide bonds. The molecule has 4 atom stereocenters. The summed E-state index contributed by atoms with van der Waals surface area (Å²) in [5, 5.41) is 28.2. The molecule has 4 rings (SSSR count). The number of nitrogens with one attached hydrogen (secondary N) is 5. The lowest BCUT2D eigenvalue weighted by molar-refractivity contribution is -0.143. The first-order valence-electron chi connectivity index (χ1n) is 13.7. The number of aliphatic hydroxyl groups is 1. The molecular weight excluding hydrogens is 540 g/mol. The van der Waals surface area contributed by atoms with Gasteiger partial charge in [0.25, 0.3) is 0 Å². The number of H-pyrrole nitrogens is 2. The van der Waals surface area contributed by atoms with E-state index in [4.69, 9.17) is 5.73 Å². The van der Waals surface area contributed by atoms with Gasteiger partial charge in [0.1, 0.15) is 18.1 Å². The van der Waals surface area contributed by atoms with Gasteiger partial charge in [-0.2, -0.15) is 0 Å². The normalized spacial score (nSPS) is 14.3. The smallest absolute Gasteiger partial charge is 0.328 e. The summed E-state index contributed by atoms with van der Waals surface area (Å²) < 4.78 is 0. The van der Waals surface area contributed by atoms with Crippen LogP contribution in [0.1, 0.15) is 25.0 Å². The largest absolute Gasteiger partial charge is 0.480 e. The van der Waals surface area contributed by atoms with Crippen LogP contribution in [0.4, 0.5) is 0 Å². The number of aliphatic hydroxyl groups excluding tert-OH is 1. The number of carboxylic acid groups (broad SMARTS) is 1. The van der Waals surface area contributed by atoms with E-state index in [1.807, 2.05) is 48.5 Å². The number of carbonyl (C=O) groups excluding carboxylic acids is 3. The van der Waals surface area contributed by atoms with Gasteiger partial charge in [0.2, 0.25) is 17.7 Å². The van der Waals surface area contributed by atoms with E-state index in [1.165, 1.54) is 0 Å². The van der Waals surface area contributed by atoms with Crippen molar-refractivity contribution in [2.75, 3.05) is 6.61 Å². The summed E-state index contributed by atoms with van der Waals surface area (Å²) >= 11 is 0. The Balaban J connectivity index is 1.50. The highest BCUT2D eigenvalue weighted by Crippen LogP contribution is 2.20. The Morgan fingerprint density at radius 2 is 1.29 bits per heavy atom. The van der Waals surface area contributed by atoms with Crippen molar-refractivity contribution in [1.82, 2.24) is 25.9 Å². The molecule has 42 heavy (non-hydrogen) atoms. The van der Waals surface area contributed by atoms with Crippen molar-refractivity contribution in [3.8, 4) is 0 Å². The van der Waals surface area contributed by atoms with Gasteiger partial charge in [0.05, 0.1) is 12.6 Å². The lowest BCUT2D eigenvalue weighted by Crippen LogP contribution is -2.59. The number of para-hydroxylation sites is 2. The molecule has 2 heterocycles. The molecule has 4 unspecified atom stereocenters. The predicted octanol–water partition coefficient (Wildman–Crippen LogP) is 0.949. The second-order valence-corrected chi connectivity index (χ2v) is 10.6. The highest BCUT2D eigenvalue weighted by molar-refractivity contribution is 5.95. The highest BCUT2D eigenvalue weighted by Gasteiger charge is 2.32. The number of aromatic amines is 2. The van der Waals surface area contributed by atoms with Crippen molar-refractivity contribution >= 4 is 45.5 Å². The highest BCUT2D eigenvalue weighted by atomic mass is 16.4. The number of amides is 3. The maximum atomic E-state index is 13.5. The van der Waals surface area contributed by atoms with E-state index >= 15 is 0 Å². The molecular formula is C30H36N6O6. The Bertz CT molecular complexity index is 1580. The molecule has 0 saturated heterocycles. The number of hydrogen-bond donors (Lipinski definition) is 8. The number of carboxylic acids is 1. The standard InChI is InChI=1S/C30H36N6O6/c1-16(2)26(36-27(38)21(31)11-17-13-32-22-9-5-3-7-19(17)22)29(40)34-24(28(39)35-25(15-37)30(41)42)12-18-14-33-23-10-6-4-8-20(18)23/h3-10,13-14,16,21,24-26,32-33,37H,11-12,15,31H2,1-2H3,(H,34,40)(H,35,39)(H,36,38)(H,41,42). The number of benzene rings is 2. The van der Waals surface area contributed by atoms with E-state index in [9.17, 15) is 29.4 Å².